The minimum atomic E-state index is -0.747. The van der Waals surface area contributed by atoms with Crippen molar-refractivity contribution in [2.24, 2.45) is 5.92 Å². The second-order valence-corrected chi connectivity index (χ2v) is 10.5. The SMILES string of the molecule is CCOc1cc(C(=O)N2CC[C@@]3(O)CCCC[C@@H]3[C@@H]2c2ccc(N(CC)CC)cc2)cc(OCC)c1OCC. The molecule has 1 aliphatic heterocycles. The maximum absolute atomic E-state index is 14.3. The summed E-state index contributed by atoms with van der Waals surface area (Å²) < 4.78 is 17.7. The van der Waals surface area contributed by atoms with E-state index >= 15 is 0 Å². The van der Waals surface area contributed by atoms with E-state index in [1.54, 1.807) is 12.1 Å². The summed E-state index contributed by atoms with van der Waals surface area (Å²) in [5.74, 6) is 1.47. The lowest BCUT2D eigenvalue weighted by atomic mass is 9.66. The van der Waals surface area contributed by atoms with Gasteiger partial charge in [-0.15, -0.1) is 0 Å². The van der Waals surface area contributed by atoms with Gasteiger partial charge in [-0.2, -0.15) is 0 Å². The Labute approximate surface area is 234 Å². The van der Waals surface area contributed by atoms with Crippen molar-refractivity contribution in [3.63, 3.8) is 0 Å². The third kappa shape index (κ3) is 5.98. The number of likely N-dealkylation sites (tertiary alicyclic amines) is 1. The maximum atomic E-state index is 14.3. The molecule has 2 fully saturated rings. The standard InChI is InChI=1S/C32H46N2O5/c1-6-33(7-2)25-16-14-23(15-17-25)29-26-13-11-12-18-32(26,36)19-20-34(29)31(35)24-21-27(37-8-3)30(39-10-5)28(22-24)38-9-4/h14-17,21-22,26,29,36H,6-13,18-20H2,1-5H3/t26-,29+,32+/m1/s1. The van der Waals surface area contributed by atoms with E-state index in [0.717, 1.165) is 44.3 Å². The highest BCUT2D eigenvalue weighted by Crippen LogP contribution is 2.50. The van der Waals surface area contributed by atoms with E-state index in [9.17, 15) is 9.90 Å². The molecule has 0 bridgehead atoms. The molecule has 0 radical (unpaired) electrons. The highest BCUT2D eigenvalue weighted by Gasteiger charge is 2.50. The zero-order valence-electron chi connectivity index (χ0n) is 24.4. The second-order valence-electron chi connectivity index (χ2n) is 10.5. The minimum Gasteiger partial charge on any atom is -0.490 e. The number of fused-ring (bicyclic) bond motifs is 1. The fourth-order valence-corrected chi connectivity index (χ4v) is 6.47. The molecule has 0 unspecified atom stereocenters. The van der Waals surface area contributed by atoms with Crippen LogP contribution in [-0.4, -0.2) is 61.0 Å². The molecule has 1 amide bonds. The number of nitrogens with zero attached hydrogens (tertiary/aromatic N) is 2. The molecule has 1 saturated carbocycles. The van der Waals surface area contributed by atoms with Crippen LogP contribution >= 0.6 is 0 Å². The molecule has 2 aliphatic rings. The van der Waals surface area contributed by atoms with Crippen LogP contribution in [-0.2, 0) is 0 Å². The van der Waals surface area contributed by atoms with Gasteiger partial charge < -0.3 is 29.1 Å². The van der Waals surface area contributed by atoms with Crippen molar-refractivity contribution in [3.05, 3.63) is 47.5 Å². The van der Waals surface area contributed by atoms with Crippen molar-refractivity contribution in [3.8, 4) is 17.2 Å². The van der Waals surface area contributed by atoms with Crippen molar-refractivity contribution in [1.29, 1.82) is 0 Å². The van der Waals surface area contributed by atoms with Gasteiger partial charge in [0.15, 0.2) is 11.5 Å². The Hall–Kier alpha value is -2.93. The average Bonchev–Trinajstić information content (AvgIpc) is 2.94. The largest absolute Gasteiger partial charge is 0.490 e. The number of aliphatic hydroxyl groups is 1. The number of hydrogen-bond acceptors (Lipinski definition) is 6. The number of piperidine rings is 1. The molecule has 7 nitrogen and oxygen atoms in total. The lowest BCUT2D eigenvalue weighted by molar-refractivity contribution is -0.115. The molecule has 1 saturated heterocycles. The Morgan fingerprint density at radius 2 is 1.54 bits per heavy atom. The van der Waals surface area contributed by atoms with Crippen LogP contribution in [0.1, 0.15) is 88.7 Å². The Morgan fingerprint density at radius 1 is 0.923 bits per heavy atom. The van der Waals surface area contributed by atoms with Crippen LogP contribution in [0.3, 0.4) is 0 Å². The summed E-state index contributed by atoms with van der Waals surface area (Å²) in [6, 6.07) is 11.9. The van der Waals surface area contributed by atoms with Crippen LogP contribution < -0.4 is 19.1 Å². The Kier molecular flexibility index (Phi) is 9.65. The Morgan fingerprint density at radius 3 is 2.10 bits per heavy atom. The van der Waals surface area contributed by atoms with E-state index in [2.05, 4.69) is 43.0 Å². The highest BCUT2D eigenvalue weighted by molar-refractivity contribution is 5.96. The third-order valence-corrected chi connectivity index (χ3v) is 8.35. The molecule has 0 spiro atoms. The molecule has 3 atom stereocenters. The van der Waals surface area contributed by atoms with Gasteiger partial charge in [0.25, 0.3) is 5.91 Å². The van der Waals surface area contributed by atoms with Crippen LogP contribution in [0.15, 0.2) is 36.4 Å². The van der Waals surface area contributed by atoms with Crippen molar-refractivity contribution >= 4 is 11.6 Å². The first-order valence-corrected chi connectivity index (χ1v) is 14.8. The van der Waals surface area contributed by atoms with Gasteiger partial charge in [-0.3, -0.25) is 4.79 Å². The monoisotopic (exact) mass is 538 g/mol. The number of rotatable bonds is 11. The van der Waals surface area contributed by atoms with E-state index in [4.69, 9.17) is 14.2 Å². The number of amides is 1. The van der Waals surface area contributed by atoms with Gasteiger partial charge >= 0.3 is 0 Å². The number of ether oxygens (including phenoxy) is 3. The zero-order chi connectivity index (χ0) is 28.0. The Bertz CT molecular complexity index is 1070. The number of hydrogen-bond donors (Lipinski definition) is 1. The Balaban J connectivity index is 1.76. The number of benzene rings is 2. The number of carbonyl (C=O) groups excluding carboxylic acids is 1. The molecule has 7 heteroatoms. The van der Waals surface area contributed by atoms with E-state index in [-0.39, 0.29) is 17.9 Å². The summed E-state index contributed by atoms with van der Waals surface area (Å²) in [5, 5.41) is 11.7. The van der Waals surface area contributed by atoms with Crippen LogP contribution in [0.25, 0.3) is 0 Å². The van der Waals surface area contributed by atoms with Crippen molar-refractivity contribution < 1.29 is 24.1 Å². The lowest BCUT2D eigenvalue weighted by Gasteiger charge is -2.52. The fourth-order valence-electron chi connectivity index (χ4n) is 6.47. The van der Waals surface area contributed by atoms with Gasteiger partial charge in [0.2, 0.25) is 5.75 Å². The molecule has 4 rings (SSSR count). The molecule has 214 valence electrons. The second kappa shape index (κ2) is 12.9. The average molecular weight is 539 g/mol. The molecule has 1 aliphatic carbocycles. The minimum absolute atomic E-state index is 0.0105. The van der Waals surface area contributed by atoms with Crippen LogP contribution in [0.4, 0.5) is 5.69 Å². The smallest absolute Gasteiger partial charge is 0.254 e. The van der Waals surface area contributed by atoms with Crippen molar-refractivity contribution in [1.82, 2.24) is 4.90 Å². The highest BCUT2D eigenvalue weighted by atomic mass is 16.5. The molecular weight excluding hydrogens is 492 g/mol. The van der Waals surface area contributed by atoms with Crippen molar-refractivity contribution in [2.75, 3.05) is 44.4 Å². The predicted molar refractivity (Wildman–Crippen MR) is 155 cm³/mol. The maximum Gasteiger partial charge on any atom is 0.254 e. The normalized spacial score (nSPS) is 22.7. The van der Waals surface area contributed by atoms with E-state index in [1.165, 1.54) is 5.69 Å². The van der Waals surface area contributed by atoms with Crippen LogP contribution in [0, 0.1) is 5.92 Å². The lowest BCUT2D eigenvalue weighted by Crippen LogP contribution is -2.56. The number of anilines is 1. The first-order chi connectivity index (χ1) is 18.9. The van der Waals surface area contributed by atoms with Gasteiger partial charge in [-0.25, -0.2) is 0 Å². The predicted octanol–water partition coefficient (Wildman–Crippen LogP) is 6.24. The van der Waals surface area contributed by atoms with E-state index in [0.29, 0.717) is 55.6 Å². The summed E-state index contributed by atoms with van der Waals surface area (Å²) in [6.45, 7) is 13.8. The van der Waals surface area contributed by atoms with Gasteiger partial charge in [-0.05, 0) is 83.7 Å². The van der Waals surface area contributed by atoms with Gasteiger partial charge in [0, 0.05) is 36.8 Å². The molecule has 0 aromatic heterocycles. The summed E-state index contributed by atoms with van der Waals surface area (Å²) in [4.78, 5) is 18.6. The van der Waals surface area contributed by atoms with Gasteiger partial charge in [0.05, 0.1) is 31.5 Å². The van der Waals surface area contributed by atoms with E-state index in [1.807, 2.05) is 25.7 Å². The summed E-state index contributed by atoms with van der Waals surface area (Å²) in [6.07, 6.45) is 4.38. The molecule has 2 aromatic rings. The fraction of sp³-hybridized carbons (Fsp3) is 0.594. The molecule has 1 N–H and O–H groups in total. The van der Waals surface area contributed by atoms with Crippen molar-refractivity contribution in [2.45, 2.75) is 78.4 Å². The number of carbonyl (C=O) groups is 1. The zero-order valence-corrected chi connectivity index (χ0v) is 24.4. The van der Waals surface area contributed by atoms with Gasteiger partial charge in [-0.1, -0.05) is 25.0 Å². The first kappa shape index (κ1) is 29.1. The quantitative estimate of drug-likeness (QED) is 0.365. The topological polar surface area (TPSA) is 71.5 Å². The van der Waals surface area contributed by atoms with E-state index < -0.39 is 5.60 Å². The molecule has 39 heavy (non-hydrogen) atoms. The third-order valence-electron chi connectivity index (χ3n) is 8.35. The van der Waals surface area contributed by atoms with Crippen LogP contribution in [0.2, 0.25) is 0 Å². The van der Waals surface area contributed by atoms with Crippen LogP contribution in [0.5, 0.6) is 17.2 Å². The molecule has 2 aromatic carbocycles. The molecule has 1 heterocycles. The summed E-state index contributed by atoms with van der Waals surface area (Å²) in [7, 11) is 0. The molecular formula is C32H46N2O5. The van der Waals surface area contributed by atoms with Gasteiger partial charge in [0.1, 0.15) is 0 Å². The summed E-state index contributed by atoms with van der Waals surface area (Å²) in [5.41, 5.74) is 2.01. The summed E-state index contributed by atoms with van der Waals surface area (Å²) >= 11 is 0. The first-order valence-electron chi connectivity index (χ1n) is 14.8.